The van der Waals surface area contributed by atoms with Crippen molar-refractivity contribution in [2.75, 3.05) is 0 Å². The summed E-state index contributed by atoms with van der Waals surface area (Å²) in [5.41, 5.74) is 0. The third-order valence-electron chi connectivity index (χ3n) is 0. The molecule has 0 spiro atoms. The van der Waals surface area contributed by atoms with Crippen LogP contribution in [0.1, 0.15) is 0 Å². The standard InChI is InChI=1S/Fe.H3N.2H2O/h;1H3;2*1H2/q+3;;;/p+1. The van der Waals surface area contributed by atoms with Gasteiger partial charge < -0.3 is 17.1 Å². The van der Waals surface area contributed by atoms with E-state index < -0.39 is 0 Å². The average Bonchev–Trinajstić information content (AvgIpc) is 0. The minimum Gasteiger partial charge on any atom is -0.412 e. The molecule has 8 N–H and O–H groups in total. The van der Waals surface area contributed by atoms with Gasteiger partial charge in [-0.2, -0.15) is 0 Å². The van der Waals surface area contributed by atoms with E-state index in [1.807, 2.05) is 0 Å². The molecule has 1 radical (unpaired) electrons. The van der Waals surface area contributed by atoms with Crippen LogP contribution in [0.25, 0.3) is 0 Å². The van der Waals surface area contributed by atoms with Crippen molar-refractivity contribution in [2.45, 2.75) is 0 Å². The van der Waals surface area contributed by atoms with E-state index in [9.17, 15) is 0 Å². The topological polar surface area (TPSA) is 99.5 Å². The average molecular weight is 110 g/mol. The molecule has 4 heavy (non-hydrogen) atoms. The van der Waals surface area contributed by atoms with E-state index in [2.05, 4.69) is 0 Å². The molecule has 0 aliphatic heterocycles. The number of quaternary nitrogens is 1. The zero-order valence-corrected chi connectivity index (χ0v) is 3.46. The van der Waals surface area contributed by atoms with Gasteiger partial charge in [-0.15, -0.1) is 0 Å². The molecule has 0 bridgehead atoms. The molecule has 0 aliphatic carbocycles. The van der Waals surface area contributed by atoms with Gasteiger partial charge in [0, 0.05) is 0 Å². The molecular formula is H8FeNO2+4. The van der Waals surface area contributed by atoms with Crippen molar-refractivity contribution in [3.05, 3.63) is 0 Å². The fraction of sp³-hybridized carbons (Fsp3) is 0. The van der Waals surface area contributed by atoms with Gasteiger partial charge in [-0.3, -0.25) is 0 Å². The molecule has 0 heterocycles. The number of rotatable bonds is 0. The number of hydrogen-bond acceptors (Lipinski definition) is 0. The van der Waals surface area contributed by atoms with Gasteiger partial charge in [-0.1, -0.05) is 0 Å². The van der Waals surface area contributed by atoms with Crippen LogP contribution in [0.5, 0.6) is 0 Å². The predicted octanol–water partition coefficient (Wildman–Crippen LogP) is -1.28. The van der Waals surface area contributed by atoms with Crippen molar-refractivity contribution in [3.63, 3.8) is 0 Å². The van der Waals surface area contributed by atoms with Gasteiger partial charge in [-0.25, -0.2) is 0 Å². The van der Waals surface area contributed by atoms with Gasteiger partial charge in [0.1, 0.15) is 0 Å². The van der Waals surface area contributed by atoms with Crippen LogP contribution in [-0.4, -0.2) is 11.0 Å². The molecule has 4 heteroatoms. The Labute approximate surface area is 35.1 Å². The maximum Gasteiger partial charge on any atom is 3.00 e. The second kappa shape index (κ2) is 123. The van der Waals surface area contributed by atoms with Crippen LogP contribution in [0.15, 0.2) is 0 Å². The molecule has 29 valence electrons. The summed E-state index contributed by atoms with van der Waals surface area (Å²) in [5.74, 6) is 0. The van der Waals surface area contributed by atoms with Crippen molar-refractivity contribution in [1.29, 1.82) is 0 Å². The monoisotopic (exact) mass is 110 g/mol. The van der Waals surface area contributed by atoms with Crippen LogP contribution in [0.3, 0.4) is 0 Å². The van der Waals surface area contributed by atoms with Gasteiger partial charge in [0.2, 0.25) is 0 Å². The van der Waals surface area contributed by atoms with Gasteiger partial charge in [-0.05, 0) is 0 Å². The Morgan fingerprint density at radius 3 is 0.750 bits per heavy atom. The van der Waals surface area contributed by atoms with Crippen LogP contribution in [0.4, 0.5) is 0 Å². The van der Waals surface area contributed by atoms with E-state index >= 15 is 0 Å². The van der Waals surface area contributed by atoms with E-state index in [0.29, 0.717) is 0 Å². The Bertz CT molecular complexity index is 6.00. The smallest absolute Gasteiger partial charge is 0.412 e. The third-order valence-corrected chi connectivity index (χ3v) is 0. The molecule has 0 rings (SSSR count). The molecule has 0 aromatic rings. The largest absolute Gasteiger partial charge is 3.00 e. The first-order valence-corrected chi connectivity index (χ1v) is 0. The first kappa shape index (κ1) is 319. The zero-order chi connectivity index (χ0) is 0. The summed E-state index contributed by atoms with van der Waals surface area (Å²) in [6.45, 7) is 0. The summed E-state index contributed by atoms with van der Waals surface area (Å²) < 4.78 is 0. The molecule has 0 aromatic carbocycles. The van der Waals surface area contributed by atoms with Gasteiger partial charge >= 0.3 is 17.1 Å². The summed E-state index contributed by atoms with van der Waals surface area (Å²) in [5, 5.41) is 0. The first-order valence-electron chi connectivity index (χ1n) is 0. The summed E-state index contributed by atoms with van der Waals surface area (Å²) in [6.07, 6.45) is 0. The Kier molecular flexibility index (Phi) is 9770. The van der Waals surface area contributed by atoms with Crippen LogP contribution < -0.4 is 6.15 Å². The molecule has 0 aromatic heterocycles. The quantitative estimate of drug-likeness (QED) is 0.375. The Hall–Kier alpha value is 0.399. The van der Waals surface area contributed by atoms with Crippen molar-refractivity contribution in [3.8, 4) is 0 Å². The van der Waals surface area contributed by atoms with Crippen LogP contribution in [0.2, 0.25) is 0 Å². The van der Waals surface area contributed by atoms with E-state index in [0.717, 1.165) is 0 Å². The zero-order valence-electron chi connectivity index (χ0n) is 2.35. The van der Waals surface area contributed by atoms with Crippen molar-refractivity contribution < 1.29 is 28.0 Å². The molecule has 0 saturated heterocycles. The van der Waals surface area contributed by atoms with Crippen molar-refractivity contribution in [1.82, 2.24) is 6.15 Å². The Morgan fingerprint density at radius 1 is 0.750 bits per heavy atom. The van der Waals surface area contributed by atoms with E-state index in [-0.39, 0.29) is 34.2 Å². The summed E-state index contributed by atoms with van der Waals surface area (Å²) in [6, 6.07) is 0. The molecule has 3 nitrogen and oxygen atoms in total. The van der Waals surface area contributed by atoms with Gasteiger partial charge in [0.15, 0.2) is 0 Å². The van der Waals surface area contributed by atoms with Gasteiger partial charge in [0.25, 0.3) is 0 Å². The van der Waals surface area contributed by atoms with Crippen LogP contribution >= 0.6 is 0 Å². The van der Waals surface area contributed by atoms with Crippen molar-refractivity contribution >= 4 is 0 Å². The molecule has 0 saturated carbocycles. The second-order valence-corrected chi connectivity index (χ2v) is 0. The van der Waals surface area contributed by atoms with E-state index in [1.54, 1.807) is 0 Å². The van der Waals surface area contributed by atoms with E-state index in [4.69, 9.17) is 0 Å². The minimum atomic E-state index is 0. The minimum absolute atomic E-state index is 0. The first-order chi connectivity index (χ1) is 0. The third kappa shape index (κ3) is 29.4. The second-order valence-electron chi connectivity index (χ2n) is 0. The number of hydrogen-bond donors (Lipinski definition) is 1. The SMILES string of the molecule is O.O.[Fe+3].[NH4+]. The Balaban J connectivity index is 0. The van der Waals surface area contributed by atoms with Crippen LogP contribution in [0, 0.1) is 0 Å². The predicted molar refractivity (Wildman–Crippen MR) is 13.2 cm³/mol. The molecule has 0 atom stereocenters. The van der Waals surface area contributed by atoms with Gasteiger partial charge in [0.05, 0.1) is 0 Å². The van der Waals surface area contributed by atoms with Crippen LogP contribution in [-0.2, 0) is 17.1 Å². The summed E-state index contributed by atoms with van der Waals surface area (Å²) in [7, 11) is 0. The maximum atomic E-state index is 0. The fourth-order valence-electron chi connectivity index (χ4n) is 0. The molecule has 0 unspecified atom stereocenters. The molecule has 0 amide bonds. The fourth-order valence-corrected chi connectivity index (χ4v) is 0. The summed E-state index contributed by atoms with van der Waals surface area (Å²) >= 11 is 0. The summed E-state index contributed by atoms with van der Waals surface area (Å²) in [4.78, 5) is 0. The van der Waals surface area contributed by atoms with Crippen molar-refractivity contribution in [2.24, 2.45) is 0 Å². The molecular weight excluding hydrogens is 102 g/mol. The molecule has 0 aliphatic rings. The normalized spacial score (nSPS) is 0. The molecule has 0 fully saturated rings. The maximum absolute atomic E-state index is 0. The Morgan fingerprint density at radius 2 is 0.750 bits per heavy atom. The van der Waals surface area contributed by atoms with E-state index in [1.165, 1.54) is 0 Å².